The molecule has 0 spiro atoms. The van der Waals surface area contributed by atoms with Crippen molar-refractivity contribution in [1.29, 1.82) is 0 Å². The number of benzene rings is 1. The molecule has 1 unspecified atom stereocenters. The Morgan fingerprint density at radius 2 is 2.20 bits per heavy atom. The van der Waals surface area contributed by atoms with Crippen LogP contribution < -0.4 is 11.1 Å². The van der Waals surface area contributed by atoms with E-state index in [1.165, 1.54) is 30.5 Å². The topological polar surface area (TPSA) is 38.0 Å². The van der Waals surface area contributed by atoms with E-state index in [9.17, 15) is 0 Å². The second kappa shape index (κ2) is 4.13. The third-order valence-corrected chi connectivity index (χ3v) is 3.05. The summed E-state index contributed by atoms with van der Waals surface area (Å²) in [6.45, 7) is 4.37. The maximum atomic E-state index is 5.78. The van der Waals surface area contributed by atoms with Crippen molar-refractivity contribution < 1.29 is 0 Å². The van der Waals surface area contributed by atoms with Crippen molar-refractivity contribution in [2.24, 2.45) is 5.92 Å². The summed E-state index contributed by atoms with van der Waals surface area (Å²) < 4.78 is 0. The molecular weight excluding hydrogens is 184 g/mol. The molecule has 1 saturated carbocycles. The first-order valence-electron chi connectivity index (χ1n) is 5.78. The van der Waals surface area contributed by atoms with Crippen LogP contribution in [0.3, 0.4) is 0 Å². The van der Waals surface area contributed by atoms with Gasteiger partial charge in [0.15, 0.2) is 0 Å². The van der Waals surface area contributed by atoms with Crippen LogP contribution in [0.4, 0.5) is 11.4 Å². The molecule has 1 atom stereocenters. The van der Waals surface area contributed by atoms with Gasteiger partial charge in [-0.05, 0) is 43.9 Å². The van der Waals surface area contributed by atoms with E-state index in [-0.39, 0.29) is 0 Å². The standard InChI is InChI=1S/C13H20N2/c1-9-3-6-12(14)8-13(9)15-10(2)7-11-4-5-11/h3,6,8,10-11,15H,4-5,7,14H2,1-2H3. The summed E-state index contributed by atoms with van der Waals surface area (Å²) in [6, 6.07) is 6.60. The third kappa shape index (κ3) is 2.88. The van der Waals surface area contributed by atoms with E-state index in [1.807, 2.05) is 12.1 Å². The van der Waals surface area contributed by atoms with Crippen LogP contribution in [-0.4, -0.2) is 6.04 Å². The minimum atomic E-state index is 0.554. The summed E-state index contributed by atoms with van der Waals surface area (Å²) >= 11 is 0. The Hall–Kier alpha value is -1.18. The van der Waals surface area contributed by atoms with Gasteiger partial charge in [-0.25, -0.2) is 0 Å². The average Bonchev–Trinajstić information content (AvgIpc) is 2.95. The van der Waals surface area contributed by atoms with E-state index in [0.29, 0.717) is 6.04 Å². The number of anilines is 2. The number of hydrogen-bond donors (Lipinski definition) is 2. The number of aryl methyl sites for hydroxylation is 1. The van der Waals surface area contributed by atoms with Gasteiger partial charge in [0.1, 0.15) is 0 Å². The molecule has 0 heterocycles. The molecule has 2 heteroatoms. The maximum Gasteiger partial charge on any atom is 0.0392 e. The first-order valence-corrected chi connectivity index (χ1v) is 5.78. The lowest BCUT2D eigenvalue weighted by Gasteiger charge is -2.17. The molecular formula is C13H20N2. The van der Waals surface area contributed by atoms with Crippen molar-refractivity contribution >= 4 is 11.4 Å². The summed E-state index contributed by atoms with van der Waals surface area (Å²) in [4.78, 5) is 0. The van der Waals surface area contributed by atoms with Crippen LogP contribution in [0.25, 0.3) is 0 Å². The Balaban J connectivity index is 1.98. The molecule has 1 aromatic rings. The average molecular weight is 204 g/mol. The number of rotatable bonds is 4. The van der Waals surface area contributed by atoms with Crippen LogP contribution in [0, 0.1) is 12.8 Å². The van der Waals surface area contributed by atoms with Gasteiger partial charge in [0.05, 0.1) is 0 Å². The lowest BCUT2D eigenvalue weighted by Crippen LogP contribution is -2.16. The van der Waals surface area contributed by atoms with Gasteiger partial charge in [-0.15, -0.1) is 0 Å². The summed E-state index contributed by atoms with van der Waals surface area (Å²) in [6.07, 6.45) is 4.12. The lowest BCUT2D eigenvalue weighted by molar-refractivity contribution is 0.642. The summed E-state index contributed by atoms with van der Waals surface area (Å²) in [7, 11) is 0. The zero-order valence-corrected chi connectivity index (χ0v) is 9.59. The smallest absolute Gasteiger partial charge is 0.0392 e. The monoisotopic (exact) mass is 204 g/mol. The Kier molecular flexibility index (Phi) is 2.85. The highest BCUT2D eigenvalue weighted by Crippen LogP contribution is 2.34. The molecule has 15 heavy (non-hydrogen) atoms. The van der Waals surface area contributed by atoms with Crippen LogP contribution in [-0.2, 0) is 0 Å². The van der Waals surface area contributed by atoms with Gasteiger partial charge in [0.2, 0.25) is 0 Å². The molecule has 1 aromatic carbocycles. The molecule has 1 aliphatic rings. The first-order chi connectivity index (χ1) is 7.15. The molecule has 0 amide bonds. The van der Waals surface area contributed by atoms with Crippen LogP contribution in [0.1, 0.15) is 31.7 Å². The van der Waals surface area contributed by atoms with Crippen LogP contribution in [0.5, 0.6) is 0 Å². The normalized spacial score (nSPS) is 17.5. The van der Waals surface area contributed by atoms with Crippen molar-refractivity contribution in [3.63, 3.8) is 0 Å². The fourth-order valence-corrected chi connectivity index (χ4v) is 1.97. The van der Waals surface area contributed by atoms with Gasteiger partial charge >= 0.3 is 0 Å². The number of nitrogen functional groups attached to an aromatic ring is 1. The Bertz CT molecular complexity index is 342. The second-order valence-electron chi connectivity index (χ2n) is 4.80. The number of nitrogens with one attached hydrogen (secondary N) is 1. The van der Waals surface area contributed by atoms with E-state index in [1.54, 1.807) is 0 Å². The van der Waals surface area contributed by atoms with E-state index < -0.39 is 0 Å². The molecule has 2 nitrogen and oxygen atoms in total. The van der Waals surface area contributed by atoms with E-state index in [4.69, 9.17) is 5.73 Å². The highest BCUT2D eigenvalue weighted by molar-refractivity contribution is 5.59. The van der Waals surface area contributed by atoms with E-state index >= 15 is 0 Å². The van der Waals surface area contributed by atoms with Gasteiger partial charge in [-0.3, -0.25) is 0 Å². The summed E-state index contributed by atoms with van der Waals surface area (Å²) in [5, 5.41) is 3.54. The van der Waals surface area contributed by atoms with Crippen molar-refractivity contribution in [2.45, 2.75) is 39.2 Å². The second-order valence-corrected chi connectivity index (χ2v) is 4.80. The van der Waals surface area contributed by atoms with Crippen LogP contribution >= 0.6 is 0 Å². The van der Waals surface area contributed by atoms with E-state index in [2.05, 4.69) is 25.2 Å². The molecule has 0 saturated heterocycles. The third-order valence-electron chi connectivity index (χ3n) is 3.05. The van der Waals surface area contributed by atoms with Crippen molar-refractivity contribution in [3.05, 3.63) is 23.8 Å². The minimum Gasteiger partial charge on any atom is -0.399 e. The molecule has 2 rings (SSSR count). The van der Waals surface area contributed by atoms with Crippen LogP contribution in [0.15, 0.2) is 18.2 Å². The van der Waals surface area contributed by atoms with Gasteiger partial charge in [0, 0.05) is 17.4 Å². The molecule has 1 aliphatic carbocycles. The predicted octanol–water partition coefficient (Wildman–Crippen LogP) is 3.18. The molecule has 0 aromatic heterocycles. The van der Waals surface area contributed by atoms with Crippen LogP contribution in [0.2, 0.25) is 0 Å². The molecule has 82 valence electrons. The van der Waals surface area contributed by atoms with E-state index in [0.717, 1.165) is 11.6 Å². The first kappa shape index (κ1) is 10.3. The van der Waals surface area contributed by atoms with Gasteiger partial charge in [-0.2, -0.15) is 0 Å². The van der Waals surface area contributed by atoms with Gasteiger partial charge in [0.25, 0.3) is 0 Å². The molecule has 1 fully saturated rings. The zero-order valence-electron chi connectivity index (χ0n) is 9.59. The van der Waals surface area contributed by atoms with Crippen molar-refractivity contribution in [1.82, 2.24) is 0 Å². The summed E-state index contributed by atoms with van der Waals surface area (Å²) in [5.74, 6) is 0.967. The Morgan fingerprint density at radius 1 is 1.47 bits per heavy atom. The predicted molar refractivity (Wildman–Crippen MR) is 66.0 cm³/mol. The maximum absolute atomic E-state index is 5.78. The summed E-state index contributed by atoms with van der Waals surface area (Å²) in [5.41, 5.74) is 9.07. The van der Waals surface area contributed by atoms with Crippen molar-refractivity contribution in [2.75, 3.05) is 11.1 Å². The molecule has 3 N–H and O–H groups in total. The fourth-order valence-electron chi connectivity index (χ4n) is 1.97. The molecule has 0 bridgehead atoms. The van der Waals surface area contributed by atoms with Gasteiger partial charge in [-0.1, -0.05) is 18.9 Å². The zero-order chi connectivity index (χ0) is 10.8. The van der Waals surface area contributed by atoms with Gasteiger partial charge < -0.3 is 11.1 Å². The van der Waals surface area contributed by atoms with Crippen molar-refractivity contribution in [3.8, 4) is 0 Å². The fraction of sp³-hybridized carbons (Fsp3) is 0.538. The number of nitrogens with two attached hydrogens (primary N) is 1. The number of hydrogen-bond acceptors (Lipinski definition) is 2. The largest absolute Gasteiger partial charge is 0.399 e. The molecule has 0 radical (unpaired) electrons. The quantitative estimate of drug-likeness (QED) is 0.739. The highest BCUT2D eigenvalue weighted by Gasteiger charge is 2.23. The Labute approximate surface area is 91.9 Å². The molecule has 0 aliphatic heterocycles. The highest BCUT2D eigenvalue weighted by atomic mass is 14.9. The lowest BCUT2D eigenvalue weighted by atomic mass is 10.1. The SMILES string of the molecule is Cc1ccc(N)cc1NC(C)CC1CC1. The Morgan fingerprint density at radius 3 is 2.87 bits per heavy atom. The minimum absolute atomic E-state index is 0.554.